The van der Waals surface area contributed by atoms with E-state index in [1.54, 1.807) is 0 Å². The van der Waals surface area contributed by atoms with Crippen LogP contribution < -0.4 is 14.4 Å². The average molecular weight is 372 g/mol. The predicted octanol–water partition coefficient (Wildman–Crippen LogP) is 5.46. The molecule has 2 aliphatic rings. The molecule has 0 saturated carbocycles. The minimum Gasteiger partial charge on any atom is -0.494 e. The number of benzene rings is 3. The lowest BCUT2D eigenvalue weighted by Crippen LogP contribution is -2.61. The van der Waals surface area contributed by atoms with Crippen LogP contribution in [0.2, 0.25) is 0 Å². The van der Waals surface area contributed by atoms with E-state index >= 15 is 0 Å². The van der Waals surface area contributed by atoms with E-state index in [2.05, 4.69) is 68.3 Å². The van der Waals surface area contributed by atoms with Gasteiger partial charge in [0, 0.05) is 18.1 Å². The fraction of sp³-hybridized carbons (Fsp3) is 0.292. The van der Waals surface area contributed by atoms with Gasteiger partial charge < -0.3 is 14.4 Å². The molecule has 4 heteroatoms. The average Bonchev–Trinajstić information content (AvgIpc) is 2.87. The second-order valence-corrected chi connectivity index (χ2v) is 7.99. The molecule has 0 amide bonds. The molecule has 2 aliphatic heterocycles. The first-order valence-corrected chi connectivity index (χ1v) is 9.75. The van der Waals surface area contributed by atoms with Crippen molar-refractivity contribution in [1.82, 2.24) is 0 Å². The van der Waals surface area contributed by atoms with Gasteiger partial charge in [-0.3, -0.25) is 4.99 Å². The van der Waals surface area contributed by atoms with Crippen molar-refractivity contribution in [2.75, 3.05) is 18.6 Å². The molecule has 0 saturated heterocycles. The molecule has 28 heavy (non-hydrogen) atoms. The van der Waals surface area contributed by atoms with Crippen molar-refractivity contribution in [3.63, 3.8) is 0 Å². The van der Waals surface area contributed by atoms with E-state index in [1.807, 2.05) is 25.3 Å². The number of nitrogens with zero attached hydrogens (tertiary/aromatic N) is 2. The maximum atomic E-state index is 6.73. The standard InChI is InChI=1S/C24H24N2O2/c1-5-27-17-12-10-16-11-13-21-22(18(16)14-17)25-15-24(28-21)23(2,3)19-8-6-7-9-20(19)26(24)4/h6-15H,5H2,1-4H3. The summed E-state index contributed by atoms with van der Waals surface area (Å²) < 4.78 is 12.4. The zero-order valence-corrected chi connectivity index (χ0v) is 16.7. The topological polar surface area (TPSA) is 34.1 Å². The van der Waals surface area contributed by atoms with Crippen molar-refractivity contribution >= 4 is 28.4 Å². The number of anilines is 1. The lowest BCUT2D eigenvalue weighted by atomic mass is 9.77. The third-order valence-electron chi connectivity index (χ3n) is 6.21. The summed E-state index contributed by atoms with van der Waals surface area (Å²) in [7, 11) is 2.08. The van der Waals surface area contributed by atoms with Gasteiger partial charge in [-0.15, -0.1) is 0 Å². The molecule has 5 rings (SSSR count). The highest BCUT2D eigenvalue weighted by Crippen LogP contribution is 2.54. The van der Waals surface area contributed by atoms with Gasteiger partial charge in [-0.05, 0) is 56.0 Å². The molecule has 0 N–H and O–H groups in total. The molecule has 142 valence electrons. The molecule has 0 bridgehead atoms. The molecule has 1 spiro atoms. The normalized spacial score (nSPS) is 21.5. The van der Waals surface area contributed by atoms with Crippen LogP contribution in [-0.4, -0.2) is 25.6 Å². The molecule has 2 heterocycles. The van der Waals surface area contributed by atoms with Crippen LogP contribution in [0, 0.1) is 0 Å². The van der Waals surface area contributed by atoms with Gasteiger partial charge in [0.25, 0.3) is 0 Å². The Hall–Kier alpha value is -3.01. The fourth-order valence-electron chi connectivity index (χ4n) is 4.61. The van der Waals surface area contributed by atoms with E-state index in [4.69, 9.17) is 14.5 Å². The van der Waals surface area contributed by atoms with Crippen LogP contribution in [0.1, 0.15) is 26.3 Å². The monoisotopic (exact) mass is 372 g/mol. The molecule has 0 fully saturated rings. The zero-order valence-electron chi connectivity index (χ0n) is 16.7. The number of likely N-dealkylation sites (N-methyl/N-ethyl adjacent to an activating group) is 1. The summed E-state index contributed by atoms with van der Waals surface area (Å²) in [6.45, 7) is 7.08. The van der Waals surface area contributed by atoms with Crippen molar-refractivity contribution in [2.24, 2.45) is 4.99 Å². The zero-order chi connectivity index (χ0) is 19.5. The van der Waals surface area contributed by atoms with E-state index in [0.717, 1.165) is 28.0 Å². The number of ether oxygens (including phenoxy) is 2. The van der Waals surface area contributed by atoms with Crippen LogP contribution in [0.15, 0.2) is 59.6 Å². The second kappa shape index (κ2) is 5.74. The molecular formula is C24H24N2O2. The van der Waals surface area contributed by atoms with Gasteiger partial charge in [-0.2, -0.15) is 0 Å². The third kappa shape index (κ3) is 2.09. The van der Waals surface area contributed by atoms with E-state index in [1.165, 1.54) is 11.3 Å². The summed E-state index contributed by atoms with van der Waals surface area (Å²) in [6.07, 6.45) is 1.97. The van der Waals surface area contributed by atoms with Gasteiger partial charge in [0.05, 0.1) is 18.2 Å². The molecule has 3 aromatic carbocycles. The predicted molar refractivity (Wildman–Crippen MR) is 114 cm³/mol. The minimum absolute atomic E-state index is 0.248. The Balaban J connectivity index is 1.66. The van der Waals surface area contributed by atoms with E-state index in [-0.39, 0.29) is 5.41 Å². The molecule has 3 aromatic rings. The second-order valence-electron chi connectivity index (χ2n) is 7.99. The molecule has 4 nitrogen and oxygen atoms in total. The van der Waals surface area contributed by atoms with E-state index in [0.29, 0.717) is 6.61 Å². The van der Waals surface area contributed by atoms with Crippen molar-refractivity contribution in [3.8, 4) is 11.5 Å². The maximum absolute atomic E-state index is 6.73. The lowest BCUT2D eigenvalue weighted by Gasteiger charge is -2.45. The van der Waals surface area contributed by atoms with Crippen molar-refractivity contribution in [1.29, 1.82) is 0 Å². The first kappa shape index (κ1) is 17.1. The lowest BCUT2D eigenvalue weighted by molar-refractivity contribution is 0.0826. The smallest absolute Gasteiger partial charge is 0.228 e. The van der Waals surface area contributed by atoms with Gasteiger partial charge >= 0.3 is 0 Å². The molecule has 1 unspecified atom stereocenters. The van der Waals surface area contributed by atoms with E-state index in [9.17, 15) is 0 Å². The Morgan fingerprint density at radius 1 is 1.07 bits per heavy atom. The van der Waals surface area contributed by atoms with Gasteiger partial charge in [0.2, 0.25) is 5.72 Å². The van der Waals surface area contributed by atoms with Crippen molar-refractivity contribution < 1.29 is 9.47 Å². The number of rotatable bonds is 2. The largest absolute Gasteiger partial charge is 0.494 e. The summed E-state index contributed by atoms with van der Waals surface area (Å²) in [5.74, 6) is 1.65. The minimum atomic E-state index is -0.658. The van der Waals surface area contributed by atoms with Crippen molar-refractivity contribution in [3.05, 3.63) is 60.2 Å². The van der Waals surface area contributed by atoms with Crippen LogP contribution in [0.3, 0.4) is 0 Å². The Bertz CT molecular complexity index is 1120. The van der Waals surface area contributed by atoms with Gasteiger partial charge in [0.15, 0.2) is 0 Å². The Labute approximate surface area is 165 Å². The first-order chi connectivity index (χ1) is 13.5. The fourth-order valence-corrected chi connectivity index (χ4v) is 4.61. The summed E-state index contributed by atoms with van der Waals surface area (Å²) in [5, 5.41) is 2.17. The van der Waals surface area contributed by atoms with Crippen LogP contribution in [0.4, 0.5) is 11.4 Å². The quantitative estimate of drug-likeness (QED) is 0.599. The van der Waals surface area contributed by atoms with Gasteiger partial charge in [-0.25, -0.2) is 0 Å². The maximum Gasteiger partial charge on any atom is 0.228 e. The molecular weight excluding hydrogens is 348 g/mol. The summed E-state index contributed by atoms with van der Waals surface area (Å²) in [6, 6.07) is 18.7. The third-order valence-corrected chi connectivity index (χ3v) is 6.21. The van der Waals surface area contributed by atoms with Crippen molar-refractivity contribution in [2.45, 2.75) is 31.9 Å². The highest BCUT2D eigenvalue weighted by molar-refractivity contribution is 6.00. The highest BCUT2D eigenvalue weighted by atomic mass is 16.5. The van der Waals surface area contributed by atoms with Crippen LogP contribution in [0.5, 0.6) is 11.5 Å². The van der Waals surface area contributed by atoms with Crippen LogP contribution >= 0.6 is 0 Å². The Morgan fingerprint density at radius 3 is 2.64 bits per heavy atom. The SMILES string of the molecule is CCOc1ccc2ccc3c(c2c1)N=CC1(O3)N(C)c2ccccc2C1(C)C. The highest BCUT2D eigenvalue weighted by Gasteiger charge is 2.58. The van der Waals surface area contributed by atoms with E-state index < -0.39 is 5.72 Å². The van der Waals surface area contributed by atoms with Crippen LogP contribution in [0.25, 0.3) is 10.8 Å². The molecule has 0 aliphatic carbocycles. The summed E-state index contributed by atoms with van der Waals surface area (Å²) in [4.78, 5) is 7.14. The summed E-state index contributed by atoms with van der Waals surface area (Å²) in [5.41, 5.74) is 2.41. The number of hydrogen-bond acceptors (Lipinski definition) is 4. The number of fused-ring (bicyclic) bond motifs is 4. The van der Waals surface area contributed by atoms with Gasteiger partial charge in [0.1, 0.15) is 17.2 Å². The number of para-hydroxylation sites is 1. The molecule has 0 aromatic heterocycles. The van der Waals surface area contributed by atoms with Gasteiger partial charge in [-0.1, -0.05) is 30.3 Å². The Kier molecular flexibility index (Phi) is 3.51. The number of aliphatic imine (C=N–C) groups is 1. The first-order valence-electron chi connectivity index (χ1n) is 9.75. The van der Waals surface area contributed by atoms with Crippen LogP contribution in [-0.2, 0) is 5.41 Å². The molecule has 1 atom stereocenters. The number of hydrogen-bond donors (Lipinski definition) is 0. The summed E-state index contributed by atoms with van der Waals surface area (Å²) >= 11 is 0. The Morgan fingerprint density at radius 2 is 1.86 bits per heavy atom. The molecule has 0 radical (unpaired) electrons.